The van der Waals surface area contributed by atoms with Gasteiger partial charge in [0.2, 0.25) is 0 Å². The quantitative estimate of drug-likeness (QED) is 0.162. The second-order valence-corrected chi connectivity index (χ2v) is 9.07. The van der Waals surface area contributed by atoms with Gasteiger partial charge in [-0.1, -0.05) is 38.7 Å². The molecule has 0 amide bonds. The Morgan fingerprint density at radius 3 is 2.42 bits per heavy atom. The van der Waals surface area contributed by atoms with E-state index in [1.165, 1.54) is 36.7 Å². The number of thiophene rings is 1. The van der Waals surface area contributed by atoms with Crippen LogP contribution in [0.1, 0.15) is 48.7 Å². The Labute approximate surface area is 198 Å². The van der Waals surface area contributed by atoms with Crippen LogP contribution in [-0.2, 0) is 4.74 Å². The Morgan fingerprint density at radius 1 is 0.970 bits per heavy atom. The topological polar surface area (TPSA) is 54.3 Å². The van der Waals surface area contributed by atoms with E-state index < -0.39 is 5.82 Å². The van der Waals surface area contributed by atoms with Gasteiger partial charge in [0, 0.05) is 24.7 Å². The standard InChI is InChI=1S/C26H30FN3O2S/c1-4-5-6-7-8-17-32-26(31)25-16-15-24(33-25)19-9-14-23(22(27)18-19)29-28-20-10-12-21(13-11-20)30(2)3/h9-16,18H,4-8,17H2,1-3H3/b29-28+. The van der Waals surface area contributed by atoms with E-state index in [0.717, 1.165) is 23.4 Å². The fraction of sp³-hybridized carbons (Fsp3) is 0.346. The number of carbonyl (C=O) groups excluding carboxylic acids is 1. The second-order valence-electron chi connectivity index (χ2n) is 7.99. The van der Waals surface area contributed by atoms with Crippen molar-refractivity contribution < 1.29 is 13.9 Å². The van der Waals surface area contributed by atoms with Crippen molar-refractivity contribution in [2.45, 2.75) is 39.0 Å². The van der Waals surface area contributed by atoms with Crippen molar-refractivity contribution in [3.05, 3.63) is 65.3 Å². The van der Waals surface area contributed by atoms with Crippen molar-refractivity contribution in [2.24, 2.45) is 10.2 Å². The van der Waals surface area contributed by atoms with Gasteiger partial charge in [-0.25, -0.2) is 9.18 Å². The molecule has 2 aromatic carbocycles. The Bertz CT molecular complexity index is 1080. The summed E-state index contributed by atoms with van der Waals surface area (Å²) in [4.78, 5) is 15.6. The first kappa shape index (κ1) is 24.6. The number of ether oxygens (including phenoxy) is 1. The first-order chi connectivity index (χ1) is 16.0. The number of nitrogens with zero attached hydrogens (tertiary/aromatic N) is 3. The number of hydrogen-bond acceptors (Lipinski definition) is 6. The fourth-order valence-corrected chi connectivity index (χ4v) is 4.11. The number of halogens is 1. The third kappa shape index (κ3) is 7.22. The third-order valence-corrected chi connectivity index (χ3v) is 6.27. The van der Waals surface area contributed by atoms with Crippen LogP contribution in [-0.4, -0.2) is 26.7 Å². The normalized spacial score (nSPS) is 11.2. The van der Waals surface area contributed by atoms with E-state index in [-0.39, 0.29) is 11.7 Å². The summed E-state index contributed by atoms with van der Waals surface area (Å²) in [6.07, 6.45) is 5.52. The Balaban J connectivity index is 1.59. The lowest BCUT2D eigenvalue weighted by molar-refractivity contribution is 0.0503. The van der Waals surface area contributed by atoms with Gasteiger partial charge in [0.05, 0.1) is 12.3 Å². The van der Waals surface area contributed by atoms with Crippen molar-refractivity contribution >= 4 is 34.4 Å². The molecule has 0 aliphatic rings. The van der Waals surface area contributed by atoms with Gasteiger partial charge in [0.25, 0.3) is 0 Å². The van der Waals surface area contributed by atoms with Gasteiger partial charge >= 0.3 is 5.97 Å². The van der Waals surface area contributed by atoms with Gasteiger partial charge in [-0.15, -0.1) is 16.5 Å². The van der Waals surface area contributed by atoms with Gasteiger partial charge in [-0.05, 0) is 60.5 Å². The van der Waals surface area contributed by atoms with Crippen LogP contribution in [0.15, 0.2) is 64.8 Å². The monoisotopic (exact) mass is 467 g/mol. The molecule has 7 heteroatoms. The molecule has 1 heterocycles. The predicted octanol–water partition coefficient (Wildman–Crippen LogP) is 8.16. The highest BCUT2D eigenvalue weighted by Crippen LogP contribution is 2.32. The first-order valence-corrected chi connectivity index (χ1v) is 12.1. The van der Waals surface area contributed by atoms with Gasteiger partial charge in [-0.2, -0.15) is 5.11 Å². The summed E-state index contributed by atoms with van der Waals surface area (Å²) in [6.45, 7) is 2.60. The molecule has 0 radical (unpaired) electrons. The summed E-state index contributed by atoms with van der Waals surface area (Å²) in [5.41, 5.74) is 2.55. The SMILES string of the molecule is CCCCCCCOC(=O)c1ccc(-c2ccc(/N=N/c3ccc(N(C)C)cc3)c(F)c2)s1. The first-order valence-electron chi connectivity index (χ1n) is 11.2. The summed E-state index contributed by atoms with van der Waals surface area (Å²) in [5.74, 6) is -0.793. The van der Waals surface area contributed by atoms with Crippen LogP contribution in [0.3, 0.4) is 0 Å². The highest BCUT2D eigenvalue weighted by atomic mass is 32.1. The van der Waals surface area contributed by atoms with E-state index in [1.807, 2.05) is 49.3 Å². The van der Waals surface area contributed by atoms with Gasteiger partial charge < -0.3 is 9.64 Å². The molecule has 0 N–H and O–H groups in total. The van der Waals surface area contributed by atoms with Crippen LogP contribution in [0.4, 0.5) is 21.5 Å². The zero-order chi connectivity index (χ0) is 23.6. The summed E-state index contributed by atoms with van der Waals surface area (Å²) in [7, 11) is 3.92. The van der Waals surface area contributed by atoms with Crippen molar-refractivity contribution in [1.82, 2.24) is 0 Å². The molecule has 3 aromatic rings. The molecule has 0 saturated carbocycles. The molecule has 3 rings (SSSR count). The maximum absolute atomic E-state index is 14.6. The average Bonchev–Trinajstić information content (AvgIpc) is 3.31. The predicted molar refractivity (Wildman–Crippen MR) is 134 cm³/mol. The molecule has 0 bridgehead atoms. The van der Waals surface area contributed by atoms with E-state index in [9.17, 15) is 9.18 Å². The van der Waals surface area contributed by atoms with Crippen molar-refractivity contribution in [3.63, 3.8) is 0 Å². The molecule has 0 aliphatic carbocycles. The van der Waals surface area contributed by atoms with Crippen LogP contribution in [0.25, 0.3) is 10.4 Å². The molecule has 33 heavy (non-hydrogen) atoms. The molecule has 0 fully saturated rings. The van der Waals surface area contributed by atoms with Gasteiger partial charge in [0.15, 0.2) is 5.82 Å². The average molecular weight is 468 g/mol. The lowest BCUT2D eigenvalue weighted by atomic mass is 10.1. The molecular weight excluding hydrogens is 437 g/mol. The molecule has 0 unspecified atom stereocenters. The number of hydrogen-bond donors (Lipinski definition) is 0. The molecule has 0 spiro atoms. The van der Waals surface area contributed by atoms with Gasteiger partial charge in [-0.3, -0.25) is 0 Å². The highest BCUT2D eigenvalue weighted by molar-refractivity contribution is 7.17. The Hall–Kier alpha value is -3.06. The Kier molecular flexibility index (Phi) is 9.13. The van der Waals surface area contributed by atoms with Crippen LogP contribution >= 0.6 is 11.3 Å². The molecule has 0 aliphatic heterocycles. The molecule has 0 atom stereocenters. The number of anilines is 1. The largest absolute Gasteiger partial charge is 0.462 e. The summed E-state index contributed by atoms with van der Waals surface area (Å²) in [6, 6.07) is 15.9. The number of benzene rings is 2. The maximum Gasteiger partial charge on any atom is 0.348 e. The van der Waals surface area contributed by atoms with E-state index in [0.29, 0.717) is 22.7 Å². The minimum atomic E-state index is -0.467. The smallest absolute Gasteiger partial charge is 0.348 e. The van der Waals surface area contributed by atoms with E-state index in [2.05, 4.69) is 17.2 Å². The van der Waals surface area contributed by atoms with Crippen molar-refractivity contribution in [3.8, 4) is 10.4 Å². The van der Waals surface area contributed by atoms with Crippen molar-refractivity contribution in [1.29, 1.82) is 0 Å². The molecular formula is C26H30FN3O2S. The molecule has 1 aromatic heterocycles. The number of carbonyl (C=O) groups is 1. The number of rotatable bonds is 11. The Morgan fingerprint density at radius 2 is 1.73 bits per heavy atom. The third-order valence-electron chi connectivity index (χ3n) is 5.16. The minimum Gasteiger partial charge on any atom is -0.462 e. The van der Waals surface area contributed by atoms with E-state index >= 15 is 0 Å². The van der Waals surface area contributed by atoms with Crippen LogP contribution in [0.5, 0.6) is 0 Å². The van der Waals surface area contributed by atoms with Crippen LogP contribution in [0.2, 0.25) is 0 Å². The molecule has 0 saturated heterocycles. The lowest BCUT2D eigenvalue weighted by Gasteiger charge is -2.11. The fourth-order valence-electron chi connectivity index (χ4n) is 3.21. The summed E-state index contributed by atoms with van der Waals surface area (Å²) in [5, 5.41) is 8.17. The number of unbranched alkanes of at least 4 members (excludes halogenated alkanes) is 4. The number of esters is 1. The zero-order valence-electron chi connectivity index (χ0n) is 19.4. The van der Waals surface area contributed by atoms with Gasteiger partial charge in [0.1, 0.15) is 10.6 Å². The summed E-state index contributed by atoms with van der Waals surface area (Å²) < 4.78 is 20.0. The second kappa shape index (κ2) is 12.3. The van der Waals surface area contributed by atoms with E-state index in [1.54, 1.807) is 18.2 Å². The summed E-state index contributed by atoms with van der Waals surface area (Å²) >= 11 is 1.30. The van der Waals surface area contributed by atoms with Crippen LogP contribution in [0, 0.1) is 5.82 Å². The molecule has 5 nitrogen and oxygen atoms in total. The van der Waals surface area contributed by atoms with Crippen LogP contribution < -0.4 is 4.90 Å². The van der Waals surface area contributed by atoms with Crippen molar-refractivity contribution in [2.75, 3.05) is 25.6 Å². The number of azo groups is 1. The minimum absolute atomic E-state index is 0.162. The zero-order valence-corrected chi connectivity index (χ0v) is 20.2. The van der Waals surface area contributed by atoms with E-state index in [4.69, 9.17) is 4.74 Å². The molecule has 174 valence electrons. The maximum atomic E-state index is 14.6. The highest BCUT2D eigenvalue weighted by Gasteiger charge is 2.13. The lowest BCUT2D eigenvalue weighted by Crippen LogP contribution is -2.07.